The van der Waals surface area contributed by atoms with Crippen molar-refractivity contribution in [3.63, 3.8) is 0 Å². The van der Waals surface area contributed by atoms with E-state index in [2.05, 4.69) is 36.4 Å². The zero-order chi connectivity index (χ0) is 46.0. The summed E-state index contributed by atoms with van der Waals surface area (Å²) in [4.78, 5) is 49.8. The second-order valence-corrected chi connectivity index (χ2v) is 21.3. The van der Waals surface area contributed by atoms with E-state index in [0.717, 1.165) is 28.8 Å². The number of rotatable bonds is 28. The van der Waals surface area contributed by atoms with Gasteiger partial charge < -0.3 is 33.3 Å². The van der Waals surface area contributed by atoms with Gasteiger partial charge in [-0.1, -0.05) is 115 Å². The number of non-ortho nitro benzene ring substituents is 2. The summed E-state index contributed by atoms with van der Waals surface area (Å²) in [5, 5.41) is 64.8. The molecule has 0 amide bonds. The molecule has 64 heavy (non-hydrogen) atoms. The number of Topliss-reactive ketones (excluding diaryl/α,β-unsaturated/α-hetero) is 2. The second-order valence-electron chi connectivity index (χ2n) is 14.9. The Kier molecular flexibility index (Phi) is 18.8. The summed E-state index contributed by atoms with van der Waals surface area (Å²) < 4.78 is 19.9. The van der Waals surface area contributed by atoms with Gasteiger partial charge in [0, 0.05) is 70.4 Å². The van der Waals surface area contributed by atoms with Gasteiger partial charge in [-0.3, -0.25) is 29.8 Å². The summed E-state index contributed by atoms with van der Waals surface area (Å²) in [7, 11) is -7.52. The van der Waals surface area contributed by atoms with E-state index in [0.29, 0.717) is 12.8 Å². The largest absolute Gasteiger partial charge is 0.660 e. The third-order valence-electron chi connectivity index (χ3n) is 10.7. The van der Waals surface area contributed by atoms with Gasteiger partial charge >= 0.3 is 7.32 Å². The molecule has 5 aromatic carbocycles. The number of hydrogen-bond donors (Lipinski definition) is 4. The summed E-state index contributed by atoms with van der Waals surface area (Å²) >= 11 is 0. The minimum atomic E-state index is -2.91. The summed E-state index contributed by atoms with van der Waals surface area (Å²) in [5.41, 5.74) is 1.81. The number of nitro groups is 2. The Hall–Kier alpha value is -5.28. The van der Waals surface area contributed by atoms with Crippen molar-refractivity contribution < 1.29 is 52.7 Å². The first-order valence-electron chi connectivity index (χ1n) is 20.6. The maximum atomic E-state index is 13.9. The van der Waals surface area contributed by atoms with Crippen LogP contribution < -0.4 is 0 Å². The molecule has 5 aromatic rings. The van der Waals surface area contributed by atoms with E-state index >= 15 is 0 Å². The first-order valence-corrected chi connectivity index (χ1v) is 24.7. The van der Waals surface area contributed by atoms with Crippen molar-refractivity contribution in [2.75, 3.05) is 67.6 Å². The highest BCUT2D eigenvalue weighted by molar-refractivity contribution is 8.32. The molecule has 4 N–H and O–H groups in total. The minimum Gasteiger partial charge on any atom is -0.395 e. The predicted molar refractivity (Wildman–Crippen MR) is 250 cm³/mol. The van der Waals surface area contributed by atoms with Crippen LogP contribution in [0, 0.1) is 20.2 Å². The summed E-state index contributed by atoms with van der Waals surface area (Å²) in [6, 6.07) is 40.4. The Bertz CT molecular complexity index is 2090. The maximum absolute atomic E-state index is 13.9. The molecule has 18 heteroatoms. The first kappa shape index (κ1) is 49.7. The quantitative estimate of drug-likeness (QED) is 0.0101. The van der Waals surface area contributed by atoms with E-state index in [1.54, 1.807) is 0 Å². The Morgan fingerprint density at radius 1 is 0.547 bits per heavy atom. The van der Waals surface area contributed by atoms with Crippen LogP contribution in [-0.4, -0.2) is 117 Å². The van der Waals surface area contributed by atoms with E-state index in [-0.39, 0.29) is 52.1 Å². The molecule has 0 saturated carbocycles. The lowest BCUT2D eigenvalue weighted by Gasteiger charge is -2.44. The fourth-order valence-corrected chi connectivity index (χ4v) is 12.7. The lowest BCUT2D eigenvalue weighted by Crippen LogP contribution is -2.39. The molecule has 0 aliphatic rings. The van der Waals surface area contributed by atoms with E-state index < -0.39 is 92.7 Å². The van der Waals surface area contributed by atoms with Crippen LogP contribution in [0.25, 0.3) is 0 Å². The van der Waals surface area contributed by atoms with Gasteiger partial charge in [0.05, 0.1) is 47.8 Å². The topological polar surface area (TPSA) is 229 Å². The predicted octanol–water partition coefficient (Wildman–Crippen LogP) is 6.83. The zero-order valence-electron chi connectivity index (χ0n) is 35.2. The SMILES string of the molecule is O=C(CS(CCO)(CCO)OB(OCCCC(c1ccccc1)(c1ccccc1)c1ccccc1)OS(CCO)(CCO)CC(=O)c1cccc([N+](=O)[O-])c1)c1cccc([N+](=O)[O-])c1. The first-order chi connectivity index (χ1) is 30.9. The Morgan fingerprint density at radius 3 is 1.23 bits per heavy atom. The molecule has 0 atom stereocenters. The second kappa shape index (κ2) is 24.1. The van der Waals surface area contributed by atoms with Crippen LogP contribution >= 0.6 is 20.6 Å². The van der Waals surface area contributed by atoms with E-state index in [1.165, 1.54) is 36.4 Å². The number of nitrogens with zero attached hydrogens (tertiary/aromatic N) is 2. The molecule has 0 fully saturated rings. The fourth-order valence-electron chi connectivity index (χ4n) is 7.67. The number of aliphatic hydroxyl groups excluding tert-OH is 4. The molecule has 340 valence electrons. The van der Waals surface area contributed by atoms with Crippen molar-refractivity contribution in [3.05, 3.63) is 188 Å². The van der Waals surface area contributed by atoms with Crippen LogP contribution in [0.2, 0.25) is 0 Å². The molecule has 0 radical (unpaired) electrons. The normalized spacial score (nSPS) is 12.4. The smallest absolute Gasteiger partial charge is 0.395 e. The maximum Gasteiger partial charge on any atom is 0.660 e. The molecule has 15 nitrogen and oxygen atoms in total. The highest BCUT2D eigenvalue weighted by Crippen LogP contribution is 2.55. The van der Waals surface area contributed by atoms with Crippen LogP contribution in [0.3, 0.4) is 0 Å². The average Bonchev–Trinajstić information content (AvgIpc) is 3.30. The van der Waals surface area contributed by atoms with Crippen molar-refractivity contribution in [3.8, 4) is 0 Å². The number of ketones is 2. The lowest BCUT2D eigenvalue weighted by molar-refractivity contribution is -0.385. The Labute approximate surface area is 375 Å². The third-order valence-corrected chi connectivity index (χ3v) is 17.1. The molecule has 0 spiro atoms. The van der Waals surface area contributed by atoms with Crippen molar-refractivity contribution >= 4 is 50.9 Å². The van der Waals surface area contributed by atoms with Gasteiger partial charge in [0.15, 0.2) is 11.6 Å². The van der Waals surface area contributed by atoms with Gasteiger partial charge in [0.1, 0.15) is 0 Å². The van der Waals surface area contributed by atoms with Crippen LogP contribution in [-0.2, 0) is 18.3 Å². The van der Waals surface area contributed by atoms with Crippen molar-refractivity contribution in [1.29, 1.82) is 0 Å². The number of carbonyl (C=O) groups excluding carboxylic acids is 2. The molecule has 5 rings (SSSR count). The molecule has 0 heterocycles. The summed E-state index contributed by atoms with van der Waals surface area (Å²) in [5.74, 6) is -2.54. The number of benzene rings is 5. The van der Waals surface area contributed by atoms with Crippen LogP contribution in [0.1, 0.15) is 50.2 Å². The van der Waals surface area contributed by atoms with Gasteiger partial charge in [-0.05, 0) is 29.5 Å². The van der Waals surface area contributed by atoms with Gasteiger partial charge in [0.25, 0.3) is 11.4 Å². The van der Waals surface area contributed by atoms with Crippen LogP contribution in [0.15, 0.2) is 140 Å². The summed E-state index contributed by atoms with van der Waals surface area (Å²) in [6.07, 6.45) is 0.886. The van der Waals surface area contributed by atoms with E-state index in [4.69, 9.17) is 12.9 Å². The fraction of sp³-hybridized carbons (Fsp3) is 0.304. The van der Waals surface area contributed by atoms with E-state index in [1.807, 2.05) is 54.6 Å². The Balaban J connectivity index is 1.55. The number of nitro benzene ring substituents is 2. The van der Waals surface area contributed by atoms with Crippen LogP contribution in [0.4, 0.5) is 11.4 Å². The van der Waals surface area contributed by atoms with Crippen molar-refractivity contribution in [1.82, 2.24) is 0 Å². The molecular formula is C46H53BN2O13S2. The van der Waals surface area contributed by atoms with Gasteiger partial charge in [-0.2, -0.15) is 0 Å². The van der Waals surface area contributed by atoms with Crippen molar-refractivity contribution in [2.45, 2.75) is 18.3 Å². The number of aliphatic hydroxyl groups is 4. The van der Waals surface area contributed by atoms with E-state index in [9.17, 15) is 50.2 Å². The molecular weight excluding hydrogens is 863 g/mol. The number of hydrogen-bond acceptors (Lipinski definition) is 13. The van der Waals surface area contributed by atoms with Gasteiger partial charge in [-0.25, -0.2) is 0 Å². The molecule has 0 aromatic heterocycles. The summed E-state index contributed by atoms with van der Waals surface area (Å²) in [6.45, 7) is -2.00. The zero-order valence-corrected chi connectivity index (χ0v) is 36.9. The van der Waals surface area contributed by atoms with Crippen LogP contribution in [0.5, 0.6) is 0 Å². The molecule has 0 bridgehead atoms. The molecule has 0 saturated heterocycles. The third kappa shape index (κ3) is 12.9. The molecule has 0 aliphatic carbocycles. The Morgan fingerprint density at radius 2 is 0.906 bits per heavy atom. The number of carbonyl (C=O) groups is 2. The van der Waals surface area contributed by atoms with Gasteiger partial charge in [0.2, 0.25) is 0 Å². The molecule has 0 aliphatic heterocycles. The van der Waals surface area contributed by atoms with Gasteiger partial charge in [-0.15, -0.1) is 20.6 Å². The lowest BCUT2D eigenvalue weighted by atomic mass is 9.67. The highest BCUT2D eigenvalue weighted by atomic mass is 32.3. The minimum absolute atomic E-state index is 0.00565. The molecule has 0 unspecified atom stereocenters. The van der Waals surface area contributed by atoms with Crippen molar-refractivity contribution in [2.24, 2.45) is 0 Å². The highest BCUT2D eigenvalue weighted by Gasteiger charge is 2.42. The standard InChI is InChI=1S/C46H53BN2O13S2/c50-24-29-63(30-25-51,35-44(54)37-13-10-21-42(33-37)48(56)57)61-47(62-64(31-26-52,32-27-53)36-45(55)38-14-11-22-43(34-38)49(58)59)60-28-12-23-46(39-15-4-1-5-16-39,40-17-6-2-7-18-40)41-19-8-3-9-20-41/h1-11,13-22,33-34,50-53H,12,23-32,35-36H2. The monoisotopic (exact) mass is 916 g/mol. The average molecular weight is 917 g/mol.